The highest BCUT2D eigenvalue weighted by Gasteiger charge is 2.14. The number of ketones is 1. The van der Waals surface area contributed by atoms with E-state index in [2.05, 4.69) is 4.98 Å². The molecule has 1 heterocycles. The number of carbonyl (C=O) groups is 1. The van der Waals surface area contributed by atoms with Gasteiger partial charge in [0.05, 0.1) is 22.1 Å². The molecule has 1 aromatic carbocycles. The predicted molar refractivity (Wildman–Crippen MR) is 66.3 cm³/mol. The van der Waals surface area contributed by atoms with Gasteiger partial charge in [-0.25, -0.2) is 9.37 Å². The van der Waals surface area contributed by atoms with Crippen LogP contribution in [0.15, 0.2) is 23.6 Å². The predicted octanol–water partition coefficient (Wildman–Crippen LogP) is 3.67. The van der Waals surface area contributed by atoms with Gasteiger partial charge in [-0.3, -0.25) is 4.79 Å². The highest BCUT2D eigenvalue weighted by Crippen LogP contribution is 2.21. The first kappa shape index (κ1) is 12.2. The minimum atomic E-state index is -0.577. The molecule has 0 saturated heterocycles. The Morgan fingerprint density at radius 2 is 2.29 bits per heavy atom. The third kappa shape index (κ3) is 2.70. The number of carbonyl (C=O) groups excluding carboxylic acids is 1. The second kappa shape index (κ2) is 4.94. The standard InChI is InChI=1S/C12H9ClFNOS/c1-7-15-8(6-17-7)5-11(16)9-3-2-4-10(14)12(9)13/h2-4,6H,5H2,1H3. The third-order valence-electron chi connectivity index (χ3n) is 2.26. The van der Waals surface area contributed by atoms with Crippen LogP contribution in [0, 0.1) is 12.7 Å². The molecule has 0 radical (unpaired) electrons. The number of hydrogen-bond acceptors (Lipinski definition) is 3. The summed E-state index contributed by atoms with van der Waals surface area (Å²) in [5.74, 6) is -0.799. The number of nitrogens with zero attached hydrogens (tertiary/aromatic N) is 1. The molecular formula is C12H9ClFNOS. The van der Waals surface area contributed by atoms with E-state index in [4.69, 9.17) is 11.6 Å². The number of aryl methyl sites for hydroxylation is 1. The highest BCUT2D eigenvalue weighted by atomic mass is 35.5. The number of rotatable bonds is 3. The quantitative estimate of drug-likeness (QED) is 0.796. The molecule has 0 atom stereocenters. The molecule has 88 valence electrons. The van der Waals surface area contributed by atoms with Crippen molar-refractivity contribution in [1.82, 2.24) is 4.98 Å². The zero-order valence-electron chi connectivity index (χ0n) is 9.04. The second-order valence-corrected chi connectivity index (χ2v) is 5.00. The van der Waals surface area contributed by atoms with Gasteiger partial charge in [-0.15, -0.1) is 11.3 Å². The summed E-state index contributed by atoms with van der Waals surface area (Å²) >= 11 is 7.22. The Morgan fingerprint density at radius 3 is 2.94 bits per heavy atom. The Balaban J connectivity index is 2.23. The number of halogens is 2. The van der Waals surface area contributed by atoms with Crippen LogP contribution in [0.5, 0.6) is 0 Å². The molecule has 0 N–H and O–H groups in total. The van der Waals surface area contributed by atoms with Gasteiger partial charge in [0.1, 0.15) is 5.82 Å². The normalized spacial score (nSPS) is 10.5. The van der Waals surface area contributed by atoms with Gasteiger partial charge in [-0.05, 0) is 19.1 Å². The van der Waals surface area contributed by atoms with E-state index in [0.717, 1.165) is 5.01 Å². The van der Waals surface area contributed by atoms with Gasteiger partial charge in [-0.2, -0.15) is 0 Å². The van der Waals surface area contributed by atoms with E-state index in [0.29, 0.717) is 5.69 Å². The molecule has 17 heavy (non-hydrogen) atoms. The first-order chi connectivity index (χ1) is 8.08. The van der Waals surface area contributed by atoms with Crippen molar-refractivity contribution in [3.05, 3.63) is 50.7 Å². The average Bonchev–Trinajstić information content (AvgIpc) is 2.68. The van der Waals surface area contributed by atoms with Crippen molar-refractivity contribution in [2.75, 3.05) is 0 Å². The fourth-order valence-corrected chi connectivity index (χ4v) is 2.31. The van der Waals surface area contributed by atoms with Crippen molar-refractivity contribution in [3.8, 4) is 0 Å². The number of hydrogen-bond donors (Lipinski definition) is 0. The summed E-state index contributed by atoms with van der Waals surface area (Å²) in [5.41, 5.74) is 0.898. The molecule has 0 saturated carbocycles. The number of thiazole rings is 1. The van der Waals surface area contributed by atoms with Crippen molar-refractivity contribution in [3.63, 3.8) is 0 Å². The van der Waals surface area contributed by atoms with Crippen molar-refractivity contribution in [2.45, 2.75) is 13.3 Å². The lowest BCUT2D eigenvalue weighted by Gasteiger charge is -2.02. The van der Waals surface area contributed by atoms with Gasteiger partial charge in [0.25, 0.3) is 0 Å². The van der Waals surface area contributed by atoms with Crippen molar-refractivity contribution in [2.24, 2.45) is 0 Å². The zero-order chi connectivity index (χ0) is 12.4. The average molecular weight is 270 g/mol. The highest BCUT2D eigenvalue weighted by molar-refractivity contribution is 7.09. The van der Waals surface area contributed by atoms with E-state index in [9.17, 15) is 9.18 Å². The van der Waals surface area contributed by atoms with E-state index in [1.807, 2.05) is 12.3 Å². The molecule has 2 nitrogen and oxygen atoms in total. The van der Waals surface area contributed by atoms with Crippen LogP contribution < -0.4 is 0 Å². The third-order valence-corrected chi connectivity index (χ3v) is 3.47. The second-order valence-electron chi connectivity index (χ2n) is 3.56. The molecule has 0 amide bonds. The SMILES string of the molecule is Cc1nc(CC(=O)c2cccc(F)c2Cl)cs1. The Bertz CT molecular complexity index is 567. The van der Waals surface area contributed by atoms with E-state index >= 15 is 0 Å². The van der Waals surface area contributed by atoms with Gasteiger partial charge in [0.2, 0.25) is 0 Å². The zero-order valence-corrected chi connectivity index (χ0v) is 10.6. The van der Waals surface area contributed by atoms with Crippen molar-refractivity contribution in [1.29, 1.82) is 0 Å². The van der Waals surface area contributed by atoms with Gasteiger partial charge in [0.15, 0.2) is 5.78 Å². The summed E-state index contributed by atoms with van der Waals surface area (Å²) in [5, 5.41) is 2.60. The van der Waals surface area contributed by atoms with Gasteiger partial charge >= 0.3 is 0 Å². The number of Topliss-reactive ketones (excluding diaryl/α,β-unsaturated/α-hetero) is 1. The summed E-state index contributed by atoms with van der Waals surface area (Å²) in [7, 11) is 0. The summed E-state index contributed by atoms with van der Waals surface area (Å²) in [6, 6.07) is 4.22. The number of aromatic nitrogens is 1. The first-order valence-corrected chi connectivity index (χ1v) is 6.22. The maximum atomic E-state index is 13.2. The van der Waals surface area contributed by atoms with E-state index in [1.54, 1.807) is 0 Å². The van der Waals surface area contributed by atoms with E-state index < -0.39 is 5.82 Å². The first-order valence-electron chi connectivity index (χ1n) is 4.96. The van der Waals surface area contributed by atoms with E-state index in [1.165, 1.54) is 29.5 Å². The minimum Gasteiger partial charge on any atom is -0.294 e. The van der Waals surface area contributed by atoms with Crippen LogP contribution in [0.1, 0.15) is 21.1 Å². The summed E-state index contributed by atoms with van der Waals surface area (Å²) in [4.78, 5) is 16.1. The largest absolute Gasteiger partial charge is 0.294 e. The fourth-order valence-electron chi connectivity index (χ4n) is 1.47. The summed E-state index contributed by atoms with van der Waals surface area (Å²) in [6.07, 6.45) is 0.146. The number of benzene rings is 1. The molecule has 5 heteroatoms. The molecule has 0 aliphatic rings. The van der Waals surface area contributed by atoms with E-state index in [-0.39, 0.29) is 22.8 Å². The maximum absolute atomic E-state index is 13.2. The van der Waals surface area contributed by atoms with Crippen LogP contribution in [0.25, 0.3) is 0 Å². The Labute approximate surface area is 107 Å². The lowest BCUT2D eigenvalue weighted by Crippen LogP contribution is -2.05. The minimum absolute atomic E-state index is 0.121. The van der Waals surface area contributed by atoms with Gasteiger partial charge < -0.3 is 0 Å². The molecule has 1 aromatic heterocycles. The van der Waals surface area contributed by atoms with Gasteiger partial charge in [0, 0.05) is 10.9 Å². The smallest absolute Gasteiger partial charge is 0.170 e. The Kier molecular flexibility index (Phi) is 3.54. The Hall–Kier alpha value is -1.26. The molecule has 0 aliphatic heterocycles. The lowest BCUT2D eigenvalue weighted by atomic mass is 10.1. The van der Waals surface area contributed by atoms with Crippen molar-refractivity contribution >= 4 is 28.7 Å². The van der Waals surface area contributed by atoms with Gasteiger partial charge in [-0.1, -0.05) is 17.7 Å². The van der Waals surface area contributed by atoms with Crippen LogP contribution in [0.2, 0.25) is 5.02 Å². The lowest BCUT2D eigenvalue weighted by molar-refractivity contribution is 0.0992. The van der Waals surface area contributed by atoms with Crippen LogP contribution in [0.4, 0.5) is 4.39 Å². The van der Waals surface area contributed by atoms with Crippen molar-refractivity contribution < 1.29 is 9.18 Å². The fraction of sp³-hybridized carbons (Fsp3) is 0.167. The van der Waals surface area contributed by atoms with Crippen LogP contribution >= 0.6 is 22.9 Å². The molecule has 0 bridgehead atoms. The molecule has 0 unspecified atom stereocenters. The van der Waals surface area contributed by atoms with Crippen LogP contribution in [-0.4, -0.2) is 10.8 Å². The van der Waals surface area contributed by atoms with Crippen LogP contribution in [-0.2, 0) is 6.42 Å². The molecule has 2 rings (SSSR count). The topological polar surface area (TPSA) is 30.0 Å². The molecule has 0 fully saturated rings. The molecule has 2 aromatic rings. The Morgan fingerprint density at radius 1 is 1.53 bits per heavy atom. The summed E-state index contributed by atoms with van der Waals surface area (Å²) < 4.78 is 13.2. The molecular weight excluding hydrogens is 261 g/mol. The monoisotopic (exact) mass is 269 g/mol. The van der Waals surface area contributed by atoms with Crippen LogP contribution in [0.3, 0.4) is 0 Å². The molecule has 0 spiro atoms. The summed E-state index contributed by atoms with van der Waals surface area (Å²) in [6.45, 7) is 1.87. The molecule has 0 aliphatic carbocycles. The maximum Gasteiger partial charge on any atom is 0.170 e.